The second kappa shape index (κ2) is 6.47. The van der Waals surface area contributed by atoms with Gasteiger partial charge in [-0.1, -0.05) is 19.1 Å². The standard InChI is InChI=1S/C13H19N3O2S/c1-4-13(3,11(14)19)12(17)16-9-6-7-10(15-8-9)18-5-2/h6-8H,4-5H2,1-3H3,(H2,14,19)(H,16,17). The molecular weight excluding hydrogens is 262 g/mol. The van der Waals surface area contributed by atoms with Gasteiger partial charge in [-0.3, -0.25) is 4.79 Å². The Bertz CT molecular complexity index is 461. The fraction of sp³-hybridized carbons (Fsp3) is 0.462. The highest BCUT2D eigenvalue weighted by Crippen LogP contribution is 2.24. The van der Waals surface area contributed by atoms with Gasteiger partial charge in [-0.25, -0.2) is 4.98 Å². The maximum absolute atomic E-state index is 12.2. The number of carbonyl (C=O) groups excluding carboxylic acids is 1. The molecule has 1 rings (SSSR count). The highest BCUT2D eigenvalue weighted by atomic mass is 32.1. The monoisotopic (exact) mass is 281 g/mol. The van der Waals surface area contributed by atoms with Crippen LogP contribution in [0.25, 0.3) is 0 Å². The molecule has 6 heteroatoms. The zero-order chi connectivity index (χ0) is 14.5. The van der Waals surface area contributed by atoms with E-state index in [-0.39, 0.29) is 10.9 Å². The van der Waals surface area contributed by atoms with Crippen molar-refractivity contribution in [3.8, 4) is 5.88 Å². The minimum atomic E-state index is -0.853. The number of hydrogen-bond acceptors (Lipinski definition) is 4. The van der Waals surface area contributed by atoms with Gasteiger partial charge in [0.15, 0.2) is 0 Å². The number of thiocarbonyl (C=S) groups is 1. The van der Waals surface area contributed by atoms with Crippen molar-refractivity contribution in [2.24, 2.45) is 11.1 Å². The van der Waals surface area contributed by atoms with Crippen LogP contribution in [0.2, 0.25) is 0 Å². The van der Waals surface area contributed by atoms with Crippen LogP contribution in [-0.4, -0.2) is 22.5 Å². The smallest absolute Gasteiger partial charge is 0.237 e. The SMILES string of the molecule is CCOc1ccc(NC(=O)C(C)(CC)C(N)=S)cn1. The summed E-state index contributed by atoms with van der Waals surface area (Å²) < 4.78 is 5.23. The summed E-state index contributed by atoms with van der Waals surface area (Å²) >= 11 is 4.96. The molecule has 0 aliphatic heterocycles. The Hall–Kier alpha value is -1.69. The number of nitrogens with one attached hydrogen (secondary N) is 1. The van der Waals surface area contributed by atoms with Crippen LogP contribution < -0.4 is 15.8 Å². The average molecular weight is 281 g/mol. The molecule has 0 fully saturated rings. The van der Waals surface area contributed by atoms with E-state index in [4.69, 9.17) is 22.7 Å². The summed E-state index contributed by atoms with van der Waals surface area (Å²) in [4.78, 5) is 16.4. The number of nitrogens with two attached hydrogens (primary N) is 1. The molecule has 1 heterocycles. The van der Waals surface area contributed by atoms with Crippen molar-refractivity contribution >= 4 is 28.8 Å². The van der Waals surface area contributed by atoms with Gasteiger partial charge in [0.25, 0.3) is 0 Å². The summed E-state index contributed by atoms with van der Waals surface area (Å²) in [6.45, 7) is 6.03. The summed E-state index contributed by atoms with van der Waals surface area (Å²) in [5.74, 6) is 0.293. The number of aromatic nitrogens is 1. The Labute approximate surface area is 118 Å². The quantitative estimate of drug-likeness (QED) is 0.781. The van der Waals surface area contributed by atoms with Gasteiger partial charge in [0.2, 0.25) is 11.8 Å². The van der Waals surface area contributed by atoms with Crippen molar-refractivity contribution in [2.75, 3.05) is 11.9 Å². The van der Waals surface area contributed by atoms with E-state index in [1.54, 1.807) is 25.3 Å². The van der Waals surface area contributed by atoms with E-state index in [0.29, 0.717) is 24.6 Å². The lowest BCUT2D eigenvalue weighted by molar-refractivity contribution is -0.121. The van der Waals surface area contributed by atoms with Crippen molar-refractivity contribution in [3.63, 3.8) is 0 Å². The highest BCUT2D eigenvalue weighted by Gasteiger charge is 2.34. The normalized spacial score (nSPS) is 13.4. The van der Waals surface area contributed by atoms with Gasteiger partial charge in [0.1, 0.15) is 0 Å². The van der Waals surface area contributed by atoms with E-state index in [0.717, 1.165) is 0 Å². The van der Waals surface area contributed by atoms with Gasteiger partial charge in [0.05, 0.1) is 28.9 Å². The zero-order valence-electron chi connectivity index (χ0n) is 11.4. The molecule has 1 amide bonds. The number of rotatable bonds is 6. The molecule has 0 aliphatic carbocycles. The molecule has 0 aliphatic rings. The summed E-state index contributed by atoms with van der Waals surface area (Å²) in [5, 5.41) is 2.76. The van der Waals surface area contributed by atoms with E-state index in [2.05, 4.69) is 10.3 Å². The van der Waals surface area contributed by atoms with Gasteiger partial charge in [-0.2, -0.15) is 0 Å². The summed E-state index contributed by atoms with van der Waals surface area (Å²) in [5.41, 5.74) is 5.37. The van der Waals surface area contributed by atoms with Crippen molar-refractivity contribution in [1.82, 2.24) is 4.98 Å². The number of hydrogen-bond donors (Lipinski definition) is 2. The molecule has 0 aromatic carbocycles. The lowest BCUT2D eigenvalue weighted by Gasteiger charge is -2.25. The van der Waals surface area contributed by atoms with E-state index >= 15 is 0 Å². The Balaban J connectivity index is 2.79. The predicted molar refractivity (Wildman–Crippen MR) is 79.2 cm³/mol. The molecule has 0 radical (unpaired) electrons. The molecule has 19 heavy (non-hydrogen) atoms. The molecule has 104 valence electrons. The Morgan fingerprint density at radius 1 is 1.53 bits per heavy atom. The topological polar surface area (TPSA) is 77.2 Å². The first-order chi connectivity index (χ1) is 8.93. The van der Waals surface area contributed by atoms with E-state index in [1.807, 2.05) is 13.8 Å². The third-order valence-electron chi connectivity index (χ3n) is 3.04. The molecule has 0 saturated carbocycles. The van der Waals surface area contributed by atoms with Gasteiger partial charge in [-0.15, -0.1) is 0 Å². The molecule has 0 bridgehead atoms. The molecular formula is C13H19N3O2S. The predicted octanol–water partition coefficient (Wildman–Crippen LogP) is 2.12. The lowest BCUT2D eigenvalue weighted by Crippen LogP contribution is -2.43. The Morgan fingerprint density at radius 2 is 2.21 bits per heavy atom. The fourth-order valence-electron chi connectivity index (χ4n) is 1.40. The van der Waals surface area contributed by atoms with Crippen LogP contribution in [-0.2, 0) is 4.79 Å². The Morgan fingerprint density at radius 3 is 2.63 bits per heavy atom. The number of nitrogens with zero attached hydrogens (tertiary/aromatic N) is 1. The number of amides is 1. The highest BCUT2D eigenvalue weighted by molar-refractivity contribution is 7.80. The van der Waals surface area contributed by atoms with Gasteiger partial charge in [-0.05, 0) is 26.3 Å². The van der Waals surface area contributed by atoms with Crippen LogP contribution in [0, 0.1) is 5.41 Å². The van der Waals surface area contributed by atoms with Gasteiger partial charge < -0.3 is 15.8 Å². The third-order valence-corrected chi connectivity index (χ3v) is 3.49. The minimum Gasteiger partial charge on any atom is -0.478 e. The third kappa shape index (κ3) is 3.64. The molecule has 1 atom stereocenters. The first-order valence-electron chi connectivity index (χ1n) is 6.14. The maximum Gasteiger partial charge on any atom is 0.237 e. The van der Waals surface area contributed by atoms with Crippen molar-refractivity contribution in [3.05, 3.63) is 18.3 Å². The molecule has 1 aromatic heterocycles. The van der Waals surface area contributed by atoms with E-state index in [9.17, 15) is 4.79 Å². The summed E-state index contributed by atoms with van der Waals surface area (Å²) in [7, 11) is 0. The van der Waals surface area contributed by atoms with Crippen molar-refractivity contribution < 1.29 is 9.53 Å². The van der Waals surface area contributed by atoms with Crippen LogP contribution in [0.1, 0.15) is 27.2 Å². The fourth-order valence-corrected chi connectivity index (χ4v) is 1.64. The van der Waals surface area contributed by atoms with E-state index in [1.165, 1.54) is 0 Å². The van der Waals surface area contributed by atoms with Gasteiger partial charge in [0, 0.05) is 6.07 Å². The van der Waals surface area contributed by atoms with Crippen molar-refractivity contribution in [1.29, 1.82) is 0 Å². The van der Waals surface area contributed by atoms with Crippen molar-refractivity contribution in [2.45, 2.75) is 27.2 Å². The molecule has 3 N–H and O–H groups in total. The maximum atomic E-state index is 12.2. The summed E-state index contributed by atoms with van der Waals surface area (Å²) in [6.07, 6.45) is 2.08. The number of anilines is 1. The molecule has 1 unspecified atom stereocenters. The zero-order valence-corrected chi connectivity index (χ0v) is 12.2. The second-order valence-electron chi connectivity index (χ2n) is 4.32. The molecule has 0 saturated heterocycles. The van der Waals surface area contributed by atoms with E-state index < -0.39 is 5.41 Å². The van der Waals surface area contributed by atoms with Crippen LogP contribution in [0.5, 0.6) is 5.88 Å². The largest absolute Gasteiger partial charge is 0.478 e. The lowest BCUT2D eigenvalue weighted by atomic mass is 9.86. The molecule has 1 aromatic rings. The average Bonchev–Trinajstić information content (AvgIpc) is 2.40. The number of carbonyl (C=O) groups is 1. The second-order valence-corrected chi connectivity index (χ2v) is 4.76. The van der Waals surface area contributed by atoms with Crippen LogP contribution in [0.4, 0.5) is 5.69 Å². The first kappa shape index (κ1) is 15.4. The first-order valence-corrected chi connectivity index (χ1v) is 6.55. The number of ether oxygens (including phenoxy) is 1. The Kier molecular flexibility index (Phi) is 5.23. The molecule has 5 nitrogen and oxygen atoms in total. The minimum absolute atomic E-state index is 0.186. The van der Waals surface area contributed by atoms with Crippen LogP contribution in [0.15, 0.2) is 18.3 Å². The van der Waals surface area contributed by atoms with Crippen LogP contribution in [0.3, 0.4) is 0 Å². The molecule has 0 spiro atoms. The number of pyridine rings is 1. The van der Waals surface area contributed by atoms with Gasteiger partial charge >= 0.3 is 0 Å². The summed E-state index contributed by atoms with van der Waals surface area (Å²) in [6, 6.07) is 3.43. The van der Waals surface area contributed by atoms with Crippen LogP contribution >= 0.6 is 12.2 Å².